The van der Waals surface area contributed by atoms with Gasteiger partial charge in [0.1, 0.15) is 0 Å². The van der Waals surface area contributed by atoms with Crippen LogP contribution < -0.4 is 16.1 Å². The summed E-state index contributed by atoms with van der Waals surface area (Å²) in [5, 5.41) is 7.09. The van der Waals surface area contributed by atoms with E-state index in [9.17, 15) is 4.79 Å². The van der Waals surface area contributed by atoms with E-state index < -0.39 is 0 Å². The molecule has 0 atom stereocenters. The Morgan fingerprint density at radius 1 is 1.43 bits per heavy atom. The second-order valence-electron chi connectivity index (χ2n) is 5.54. The average Bonchev–Trinajstić information content (AvgIpc) is 2.97. The zero-order chi connectivity index (χ0) is 14.8. The fourth-order valence-corrected chi connectivity index (χ4v) is 2.64. The molecule has 21 heavy (non-hydrogen) atoms. The van der Waals surface area contributed by atoms with Crippen molar-refractivity contribution >= 4 is 5.95 Å². The number of nitrogens with two attached hydrogens (primary N) is 1. The van der Waals surface area contributed by atoms with Gasteiger partial charge in [-0.15, -0.1) is 5.10 Å². The molecule has 1 fully saturated rings. The number of hydrogen-bond donors (Lipinski definition) is 3. The maximum atomic E-state index is 12.0. The largest absolute Gasteiger partial charge is 0.364 e. The zero-order valence-electron chi connectivity index (χ0n) is 12.1. The van der Waals surface area contributed by atoms with Crippen LogP contribution in [0.15, 0.2) is 17.1 Å². The second kappa shape index (κ2) is 5.69. The van der Waals surface area contributed by atoms with Crippen molar-refractivity contribution in [1.29, 1.82) is 0 Å². The Morgan fingerprint density at radius 2 is 2.19 bits per heavy atom. The summed E-state index contributed by atoms with van der Waals surface area (Å²) in [7, 11) is 0. The smallest absolute Gasteiger partial charge is 0.245 e. The normalized spacial score (nSPS) is 16.4. The number of pyridine rings is 1. The van der Waals surface area contributed by atoms with Crippen molar-refractivity contribution in [2.75, 3.05) is 24.5 Å². The Bertz CT molecular complexity index is 668. The van der Waals surface area contributed by atoms with E-state index in [1.165, 1.54) is 0 Å². The van der Waals surface area contributed by atoms with Crippen LogP contribution in [0.3, 0.4) is 0 Å². The van der Waals surface area contributed by atoms with Gasteiger partial charge in [0.05, 0.1) is 5.56 Å². The van der Waals surface area contributed by atoms with Crippen LogP contribution in [0.1, 0.15) is 18.5 Å². The summed E-state index contributed by atoms with van der Waals surface area (Å²) in [6.07, 6.45) is 3.79. The highest BCUT2D eigenvalue weighted by Crippen LogP contribution is 2.21. The summed E-state index contributed by atoms with van der Waals surface area (Å²) in [5.74, 6) is 1.76. The van der Waals surface area contributed by atoms with Gasteiger partial charge < -0.3 is 15.6 Å². The number of nitrogens with zero attached hydrogens (tertiary/aromatic N) is 3. The van der Waals surface area contributed by atoms with Gasteiger partial charge in [-0.1, -0.05) is 0 Å². The van der Waals surface area contributed by atoms with Gasteiger partial charge in [-0.3, -0.25) is 9.89 Å². The zero-order valence-corrected chi connectivity index (χ0v) is 12.1. The first-order chi connectivity index (χ1) is 10.2. The van der Waals surface area contributed by atoms with Crippen molar-refractivity contribution < 1.29 is 0 Å². The van der Waals surface area contributed by atoms with Gasteiger partial charge in [-0.2, -0.15) is 4.98 Å². The molecule has 0 unspecified atom stereocenters. The Labute approximate surface area is 122 Å². The predicted octanol–water partition coefficient (Wildman–Crippen LogP) is 0.644. The van der Waals surface area contributed by atoms with Gasteiger partial charge in [-0.05, 0) is 32.2 Å². The summed E-state index contributed by atoms with van der Waals surface area (Å²) in [5.41, 5.74) is 6.98. The van der Waals surface area contributed by atoms with Gasteiger partial charge in [0.15, 0.2) is 11.3 Å². The molecule has 0 aliphatic carbocycles. The van der Waals surface area contributed by atoms with E-state index >= 15 is 0 Å². The van der Waals surface area contributed by atoms with Crippen LogP contribution in [0.25, 0.3) is 11.4 Å². The molecule has 0 bridgehead atoms. The number of rotatable bonds is 3. The molecule has 112 valence electrons. The van der Waals surface area contributed by atoms with Crippen molar-refractivity contribution in [3.05, 3.63) is 28.2 Å². The molecule has 7 nitrogen and oxygen atoms in total. The molecule has 0 spiro atoms. The lowest BCUT2D eigenvalue weighted by molar-refractivity contribution is 0.411. The molecule has 7 heteroatoms. The number of H-pyrrole nitrogens is 2. The summed E-state index contributed by atoms with van der Waals surface area (Å²) in [4.78, 5) is 21.6. The molecule has 3 rings (SSSR count). The second-order valence-corrected chi connectivity index (χ2v) is 5.54. The Balaban J connectivity index is 1.79. The van der Waals surface area contributed by atoms with Crippen LogP contribution in [-0.2, 0) is 0 Å². The minimum Gasteiger partial charge on any atom is -0.364 e. The quantitative estimate of drug-likeness (QED) is 0.769. The molecule has 0 radical (unpaired) electrons. The van der Waals surface area contributed by atoms with Crippen molar-refractivity contribution in [3.63, 3.8) is 0 Å². The first kappa shape index (κ1) is 13.8. The van der Waals surface area contributed by atoms with E-state index in [1.807, 2.05) is 6.92 Å². The van der Waals surface area contributed by atoms with Crippen molar-refractivity contribution in [3.8, 4) is 11.4 Å². The number of nitrogens with one attached hydrogen (secondary N) is 2. The number of hydrogen-bond acceptors (Lipinski definition) is 5. The fourth-order valence-electron chi connectivity index (χ4n) is 2.64. The Hall–Kier alpha value is -2.15. The van der Waals surface area contributed by atoms with Crippen LogP contribution in [0.4, 0.5) is 5.95 Å². The van der Waals surface area contributed by atoms with E-state index in [1.54, 1.807) is 12.3 Å². The minimum absolute atomic E-state index is 0.0595. The van der Waals surface area contributed by atoms with E-state index in [2.05, 4.69) is 25.1 Å². The van der Waals surface area contributed by atoms with Crippen molar-refractivity contribution in [2.24, 2.45) is 11.7 Å². The number of aromatic nitrogens is 4. The SMILES string of the molecule is Cc1cc(=O)c(-c2nc(N3CCC(CN)CC3)n[nH]2)c[nH]1. The topological polar surface area (TPSA) is 104 Å². The first-order valence-electron chi connectivity index (χ1n) is 7.24. The lowest BCUT2D eigenvalue weighted by Gasteiger charge is -2.30. The molecule has 2 aromatic heterocycles. The third-order valence-corrected chi connectivity index (χ3v) is 4.02. The average molecular weight is 288 g/mol. The maximum absolute atomic E-state index is 12.0. The number of aromatic amines is 2. The Morgan fingerprint density at radius 3 is 2.86 bits per heavy atom. The van der Waals surface area contributed by atoms with Gasteiger partial charge in [0, 0.05) is 31.0 Å². The summed E-state index contributed by atoms with van der Waals surface area (Å²) in [6.45, 7) is 4.40. The number of anilines is 1. The van der Waals surface area contributed by atoms with Gasteiger partial charge >= 0.3 is 0 Å². The highest BCUT2D eigenvalue weighted by atomic mass is 16.1. The van der Waals surface area contributed by atoms with E-state index in [4.69, 9.17) is 5.73 Å². The van der Waals surface area contributed by atoms with Gasteiger partial charge in [0.25, 0.3) is 0 Å². The summed E-state index contributed by atoms with van der Waals surface area (Å²) >= 11 is 0. The molecule has 4 N–H and O–H groups in total. The monoisotopic (exact) mass is 288 g/mol. The molecule has 0 amide bonds. The molecule has 1 aliphatic heterocycles. The van der Waals surface area contributed by atoms with Crippen LogP contribution in [0, 0.1) is 12.8 Å². The molecular weight excluding hydrogens is 268 g/mol. The molecule has 2 aromatic rings. The van der Waals surface area contributed by atoms with Crippen LogP contribution >= 0.6 is 0 Å². The minimum atomic E-state index is -0.0595. The van der Waals surface area contributed by atoms with Crippen LogP contribution in [0.5, 0.6) is 0 Å². The standard InChI is InChI=1S/C14H20N6O/c1-9-6-12(21)11(8-16-9)13-17-14(19-18-13)20-4-2-10(7-15)3-5-20/h6,8,10H,2-5,7,15H2,1H3,(H,16,21)(H,17,18,19). The van der Waals surface area contributed by atoms with Crippen LogP contribution in [0.2, 0.25) is 0 Å². The molecule has 0 aromatic carbocycles. The third-order valence-electron chi connectivity index (χ3n) is 4.02. The van der Waals surface area contributed by atoms with E-state index in [-0.39, 0.29) is 5.43 Å². The lowest BCUT2D eigenvalue weighted by Crippen LogP contribution is -2.36. The molecule has 3 heterocycles. The maximum Gasteiger partial charge on any atom is 0.245 e. The first-order valence-corrected chi connectivity index (χ1v) is 7.24. The van der Waals surface area contributed by atoms with Crippen molar-refractivity contribution in [2.45, 2.75) is 19.8 Å². The van der Waals surface area contributed by atoms with Gasteiger partial charge in [0.2, 0.25) is 5.95 Å². The van der Waals surface area contributed by atoms with E-state index in [0.717, 1.165) is 38.2 Å². The van der Waals surface area contributed by atoms with Crippen LogP contribution in [-0.4, -0.2) is 39.8 Å². The molecule has 0 saturated carbocycles. The lowest BCUT2D eigenvalue weighted by atomic mass is 9.97. The molecule has 1 saturated heterocycles. The third kappa shape index (κ3) is 2.82. The predicted molar refractivity (Wildman–Crippen MR) is 81.2 cm³/mol. The highest BCUT2D eigenvalue weighted by molar-refractivity contribution is 5.55. The number of aryl methyl sites for hydroxylation is 1. The van der Waals surface area contributed by atoms with Gasteiger partial charge in [-0.25, -0.2) is 0 Å². The molecule has 1 aliphatic rings. The van der Waals surface area contributed by atoms with E-state index in [0.29, 0.717) is 23.3 Å². The summed E-state index contributed by atoms with van der Waals surface area (Å²) < 4.78 is 0. The number of piperidine rings is 1. The summed E-state index contributed by atoms with van der Waals surface area (Å²) in [6, 6.07) is 1.56. The Kier molecular flexibility index (Phi) is 3.74. The molecular formula is C14H20N6O. The fraction of sp³-hybridized carbons (Fsp3) is 0.500. The van der Waals surface area contributed by atoms with Crippen molar-refractivity contribution in [1.82, 2.24) is 20.2 Å². The highest BCUT2D eigenvalue weighted by Gasteiger charge is 2.21.